The fourth-order valence-electron chi connectivity index (χ4n) is 10.1. The van der Waals surface area contributed by atoms with Crippen molar-refractivity contribution >= 4 is 61.2 Å². The first kappa shape index (κ1) is 46.6. The lowest BCUT2D eigenvalue weighted by Gasteiger charge is -2.39. The normalized spacial score (nSPS) is 20.7. The van der Waals surface area contributed by atoms with Gasteiger partial charge in [0.1, 0.15) is 22.8 Å². The average molecular weight is 952 g/mol. The molecule has 0 atom stereocenters. The highest BCUT2D eigenvalue weighted by Crippen LogP contribution is 2.44. The Morgan fingerprint density at radius 2 is 1.73 bits per heavy atom. The molecule has 3 aromatic carbocycles. The summed E-state index contributed by atoms with van der Waals surface area (Å²) >= 11 is 6.25. The number of carbonyl (C=O) groups is 1. The van der Waals surface area contributed by atoms with Gasteiger partial charge in [0.2, 0.25) is 0 Å². The van der Waals surface area contributed by atoms with E-state index < -0.39 is 25.7 Å². The summed E-state index contributed by atoms with van der Waals surface area (Å²) in [4.78, 5) is 40.0. The highest BCUT2D eigenvalue weighted by molar-refractivity contribution is 7.90. The van der Waals surface area contributed by atoms with Gasteiger partial charge in [-0.25, -0.2) is 18.1 Å². The van der Waals surface area contributed by atoms with Gasteiger partial charge in [-0.1, -0.05) is 43.2 Å². The molecule has 2 aromatic heterocycles. The number of amides is 1. The van der Waals surface area contributed by atoms with Crippen LogP contribution >= 0.6 is 11.6 Å². The van der Waals surface area contributed by atoms with Gasteiger partial charge in [-0.3, -0.25) is 24.7 Å². The van der Waals surface area contributed by atoms with Crippen LogP contribution in [0.25, 0.3) is 16.6 Å². The molecular weight excluding hydrogens is 892 g/mol. The molecule has 0 bridgehead atoms. The predicted octanol–water partition coefficient (Wildman–Crippen LogP) is 9.12. The summed E-state index contributed by atoms with van der Waals surface area (Å²) in [7, 11) is -4.57. The van der Waals surface area contributed by atoms with Crippen molar-refractivity contribution in [1.82, 2.24) is 24.5 Å². The van der Waals surface area contributed by atoms with E-state index in [4.69, 9.17) is 21.1 Å². The van der Waals surface area contributed by atoms with E-state index in [0.29, 0.717) is 29.9 Å². The Balaban J connectivity index is 0.890. The van der Waals surface area contributed by atoms with E-state index in [-0.39, 0.29) is 28.1 Å². The number of rotatable bonds is 14. The number of nitro groups is 1. The number of nitro benzene ring substituents is 1. The Labute approximate surface area is 397 Å². The Kier molecular flexibility index (Phi) is 13.9. The maximum Gasteiger partial charge on any atom is 0.293 e. The van der Waals surface area contributed by atoms with Crippen molar-refractivity contribution in [1.29, 1.82) is 0 Å². The van der Waals surface area contributed by atoms with E-state index in [1.165, 1.54) is 35.0 Å². The van der Waals surface area contributed by atoms with Gasteiger partial charge in [0, 0.05) is 92.8 Å². The summed E-state index contributed by atoms with van der Waals surface area (Å²) in [6, 6.07) is 21.1. The maximum atomic E-state index is 14.0. The van der Waals surface area contributed by atoms with Crippen molar-refractivity contribution in [3.63, 3.8) is 0 Å². The Bertz CT molecular complexity index is 2740. The van der Waals surface area contributed by atoms with E-state index in [2.05, 4.69) is 60.7 Å². The largest absolute Gasteiger partial charge is 0.455 e. The first-order chi connectivity index (χ1) is 32.3. The molecule has 17 heteroatoms. The number of nitrogens with one attached hydrogen (secondary N) is 3. The highest BCUT2D eigenvalue weighted by Gasteiger charge is 2.32. The third-order valence-electron chi connectivity index (χ3n) is 14.0. The summed E-state index contributed by atoms with van der Waals surface area (Å²) in [5, 5.41) is 17.0. The quantitative estimate of drug-likeness (QED) is 0.0713. The molecule has 67 heavy (non-hydrogen) atoms. The highest BCUT2D eigenvalue weighted by atomic mass is 35.5. The Morgan fingerprint density at radius 1 is 0.970 bits per heavy atom. The second kappa shape index (κ2) is 20.0. The summed E-state index contributed by atoms with van der Waals surface area (Å²) < 4.78 is 41.7. The number of piperazine rings is 1. The number of aromatic nitrogens is 2. The molecule has 15 nitrogen and oxygen atoms in total. The Hall–Kier alpha value is -5.52. The molecule has 2 aliphatic carbocycles. The van der Waals surface area contributed by atoms with Crippen LogP contribution in [0, 0.1) is 21.4 Å². The third kappa shape index (κ3) is 11.1. The second-order valence-corrected chi connectivity index (χ2v) is 21.3. The lowest BCUT2D eigenvalue weighted by Crippen LogP contribution is -2.47. The van der Waals surface area contributed by atoms with E-state index in [9.17, 15) is 23.3 Å². The van der Waals surface area contributed by atoms with Crippen LogP contribution in [0.3, 0.4) is 0 Å². The first-order valence-electron chi connectivity index (χ1n) is 23.4. The summed E-state index contributed by atoms with van der Waals surface area (Å²) in [6.07, 6.45) is 10.6. The number of hydrogen-bond acceptors (Lipinski definition) is 12. The van der Waals surface area contributed by atoms with Gasteiger partial charge in [-0.05, 0) is 116 Å². The van der Waals surface area contributed by atoms with Gasteiger partial charge >= 0.3 is 0 Å². The number of carbonyl (C=O) groups excluding carboxylic acids is 1. The van der Waals surface area contributed by atoms with E-state index >= 15 is 0 Å². The van der Waals surface area contributed by atoms with Gasteiger partial charge < -0.3 is 24.7 Å². The smallest absolute Gasteiger partial charge is 0.293 e. The van der Waals surface area contributed by atoms with Crippen LogP contribution in [0.5, 0.6) is 11.5 Å². The third-order valence-corrected chi connectivity index (χ3v) is 15.6. The Morgan fingerprint density at radius 3 is 2.48 bits per heavy atom. The number of halogens is 1. The number of morpholine rings is 1. The molecule has 354 valence electrons. The fourth-order valence-corrected chi connectivity index (χ4v) is 11.2. The predicted molar refractivity (Wildman–Crippen MR) is 262 cm³/mol. The van der Waals surface area contributed by atoms with Crippen LogP contribution in [0.1, 0.15) is 74.7 Å². The number of allylic oxidation sites excluding steroid dienone is 1. The number of fused-ring (bicyclic) bond motifs is 1. The number of sulfonamides is 1. The lowest BCUT2D eigenvalue weighted by atomic mass is 9.72. The van der Waals surface area contributed by atoms with Crippen molar-refractivity contribution in [2.75, 3.05) is 75.8 Å². The van der Waals surface area contributed by atoms with Crippen molar-refractivity contribution in [3.05, 3.63) is 117 Å². The molecule has 4 aliphatic rings. The minimum atomic E-state index is -4.57. The van der Waals surface area contributed by atoms with Crippen LogP contribution in [0.4, 0.5) is 17.1 Å². The maximum absolute atomic E-state index is 14.0. The van der Waals surface area contributed by atoms with Gasteiger partial charge in [-0.2, -0.15) is 0 Å². The number of anilines is 2. The molecule has 3 N–H and O–H groups in total. The van der Waals surface area contributed by atoms with Crippen LogP contribution in [0.15, 0.2) is 95.7 Å². The monoisotopic (exact) mass is 950 g/mol. The number of hydrogen-bond donors (Lipinski definition) is 3. The summed E-state index contributed by atoms with van der Waals surface area (Å²) in [5.41, 5.74) is 5.63. The van der Waals surface area contributed by atoms with Crippen molar-refractivity contribution in [2.45, 2.75) is 69.7 Å². The molecule has 5 aromatic rings. The number of pyridine rings is 1. The molecule has 3 fully saturated rings. The van der Waals surface area contributed by atoms with Crippen molar-refractivity contribution in [2.24, 2.45) is 11.3 Å². The zero-order valence-corrected chi connectivity index (χ0v) is 39.7. The zero-order valence-electron chi connectivity index (χ0n) is 38.1. The zero-order chi connectivity index (χ0) is 46.7. The average Bonchev–Trinajstić information content (AvgIpc) is 3.80. The summed E-state index contributed by atoms with van der Waals surface area (Å²) in [6.45, 7) is 12.6. The molecule has 4 heterocycles. The van der Waals surface area contributed by atoms with Crippen LogP contribution in [0.2, 0.25) is 5.02 Å². The second-order valence-electron chi connectivity index (χ2n) is 19.1. The number of benzene rings is 3. The van der Waals surface area contributed by atoms with Gasteiger partial charge in [0.05, 0.1) is 34.8 Å². The SMILES string of the molecule is CC1(C)CCC(CN2CCN(c3ccc(C(=O)NS(=O)(=O)c4ccc(NCC5CCC(N6CCOCC6)CC5)c([N+](=O)[O-])c4)c(Oc4cnc5[nH]ccc5c4)c3)CC2)=C(c2ccc(Cl)cc2)C1. The van der Waals surface area contributed by atoms with Crippen LogP contribution < -0.4 is 19.7 Å². The minimum absolute atomic E-state index is 0.0295. The van der Waals surface area contributed by atoms with Crippen molar-refractivity contribution < 1.29 is 27.6 Å². The molecule has 1 amide bonds. The molecule has 0 radical (unpaired) electrons. The van der Waals surface area contributed by atoms with E-state index in [0.717, 1.165) is 126 Å². The van der Waals surface area contributed by atoms with Crippen LogP contribution in [-0.4, -0.2) is 111 Å². The van der Waals surface area contributed by atoms with Crippen LogP contribution in [-0.2, 0) is 14.8 Å². The molecule has 9 rings (SSSR count). The number of H-pyrrole nitrogens is 1. The van der Waals surface area contributed by atoms with Gasteiger partial charge in [0.15, 0.2) is 0 Å². The molecule has 0 spiro atoms. The molecule has 0 unspecified atom stereocenters. The van der Waals surface area contributed by atoms with E-state index in [1.54, 1.807) is 30.5 Å². The fraction of sp³-hybridized carbons (Fsp3) is 0.440. The molecular formula is C50H59ClN8O7S. The molecule has 1 saturated carbocycles. The summed E-state index contributed by atoms with van der Waals surface area (Å²) in [5.74, 6) is -0.119. The number of nitrogens with zero attached hydrogens (tertiary/aromatic N) is 5. The van der Waals surface area contributed by atoms with Gasteiger partial charge in [-0.15, -0.1) is 0 Å². The standard InChI is InChI=1S/C50H59ClN8O7S/c1-50(2)17-15-37(44(30-50)35-5-7-38(51)8-6-35)33-56-19-21-57(22-20-56)40-11-13-43(47(28-40)66-41-27-36-16-18-52-48(36)54-32-41)49(60)55-67(63,64)42-12-14-45(46(29-42)59(61)62)53-31-34-3-9-39(10-4-34)58-23-25-65-26-24-58/h5-8,11-14,16,18,27-29,32,34,39,53H,3-4,9-10,15,17,19-26,30-31,33H2,1-2H3,(H,52,54)(H,55,60). The minimum Gasteiger partial charge on any atom is -0.455 e. The topological polar surface area (TPSA) is 175 Å². The van der Waals surface area contributed by atoms with Gasteiger partial charge in [0.25, 0.3) is 21.6 Å². The lowest BCUT2D eigenvalue weighted by molar-refractivity contribution is -0.384. The first-order valence-corrected chi connectivity index (χ1v) is 25.2. The molecule has 2 saturated heterocycles. The number of aromatic amines is 1. The molecule has 2 aliphatic heterocycles. The van der Waals surface area contributed by atoms with Crippen molar-refractivity contribution in [3.8, 4) is 11.5 Å². The number of ether oxygens (including phenoxy) is 2. The van der Waals surface area contributed by atoms with E-state index in [1.807, 2.05) is 18.2 Å².